The molecule has 3 heteroatoms. The Balaban J connectivity index is 0.000000900. The molecule has 1 saturated carbocycles. The van der Waals surface area contributed by atoms with Crippen LogP contribution >= 0.6 is 0 Å². The van der Waals surface area contributed by atoms with E-state index >= 15 is 0 Å². The fourth-order valence-corrected chi connectivity index (χ4v) is 11.5. The Labute approximate surface area is 185 Å². The molecule has 0 aromatic heterocycles. The van der Waals surface area contributed by atoms with Gasteiger partial charge < -0.3 is 24.8 Å². The Kier molecular flexibility index (Phi) is 5.34. The van der Waals surface area contributed by atoms with Gasteiger partial charge in [0.1, 0.15) is 0 Å². The summed E-state index contributed by atoms with van der Waals surface area (Å²) in [7, 11) is 0. The Morgan fingerprint density at radius 3 is 1.67 bits per heavy atom. The second-order valence-electron chi connectivity index (χ2n) is 8.13. The molecule has 1 aliphatic heterocycles. The van der Waals surface area contributed by atoms with Gasteiger partial charge in [-0.2, -0.15) is 0 Å². The van der Waals surface area contributed by atoms with Crippen molar-refractivity contribution in [1.29, 1.82) is 0 Å². The fraction of sp³-hybridized carbons (Fsp3) is 0.333. The number of hydrogen-bond donors (Lipinski definition) is 0. The molecule has 4 aliphatic rings. The van der Waals surface area contributed by atoms with Crippen molar-refractivity contribution >= 4 is 12.2 Å². The number of halogens is 2. The van der Waals surface area contributed by atoms with Crippen LogP contribution in [0.3, 0.4) is 0 Å². The predicted octanol–water partition coefficient (Wildman–Crippen LogP) is 0.318. The summed E-state index contributed by atoms with van der Waals surface area (Å²) >= 11 is -0.601. The van der Waals surface area contributed by atoms with Crippen LogP contribution in [0.15, 0.2) is 59.7 Å². The maximum absolute atomic E-state index is 2.62. The normalized spacial score (nSPS) is 25.2. The zero-order valence-electron chi connectivity index (χ0n) is 15.2. The second kappa shape index (κ2) is 7.33. The van der Waals surface area contributed by atoms with E-state index in [1.165, 1.54) is 43.2 Å². The van der Waals surface area contributed by atoms with E-state index in [0.717, 1.165) is 7.25 Å². The van der Waals surface area contributed by atoms with Crippen LogP contribution in [-0.2, 0) is 23.2 Å². The predicted molar refractivity (Wildman–Crippen MR) is 99.8 cm³/mol. The molecule has 0 bridgehead atoms. The van der Waals surface area contributed by atoms with Crippen LogP contribution in [0.5, 0.6) is 0 Å². The van der Waals surface area contributed by atoms with Crippen molar-refractivity contribution in [3.05, 3.63) is 81.9 Å². The van der Waals surface area contributed by atoms with Crippen LogP contribution in [-0.4, -0.2) is 0 Å². The first-order valence-corrected chi connectivity index (χ1v) is 12.6. The van der Waals surface area contributed by atoms with Crippen molar-refractivity contribution in [1.82, 2.24) is 0 Å². The molecule has 1 heterocycles. The maximum Gasteiger partial charge on any atom is -1.00 e. The SMILES string of the molecule is C1=C2[CH]([Zr+2][CH]3C(=Cc4ccccc43)C23CCCCC3)c2ccccc21.[Cl-].[Cl-]. The molecule has 0 radical (unpaired) electrons. The number of allylic oxidation sites excluding steroid dienone is 2. The summed E-state index contributed by atoms with van der Waals surface area (Å²) < 4.78 is 1.62. The molecular formula is C24H22Cl2Zr. The summed E-state index contributed by atoms with van der Waals surface area (Å²) in [5.41, 5.74) is 10.4. The quantitative estimate of drug-likeness (QED) is 0.518. The fourth-order valence-electron chi connectivity index (χ4n) is 5.90. The summed E-state index contributed by atoms with van der Waals surface area (Å²) in [4.78, 5) is 0. The van der Waals surface area contributed by atoms with E-state index in [4.69, 9.17) is 0 Å². The monoisotopic (exact) mass is 470 g/mol. The van der Waals surface area contributed by atoms with E-state index in [2.05, 4.69) is 60.7 Å². The molecule has 2 aromatic rings. The van der Waals surface area contributed by atoms with Gasteiger partial charge in [-0.1, -0.05) is 0 Å². The van der Waals surface area contributed by atoms with Gasteiger partial charge in [-0.15, -0.1) is 0 Å². The summed E-state index contributed by atoms with van der Waals surface area (Å²) in [6.45, 7) is 0. The first-order valence-electron chi connectivity index (χ1n) is 9.75. The molecule has 3 aliphatic carbocycles. The Bertz CT molecular complexity index is 867. The largest absolute Gasteiger partial charge is 1.00 e. The van der Waals surface area contributed by atoms with Crippen LogP contribution in [0.4, 0.5) is 0 Å². The average molecular weight is 473 g/mol. The van der Waals surface area contributed by atoms with Gasteiger partial charge >= 0.3 is 162 Å². The third kappa shape index (κ3) is 2.72. The first kappa shape index (κ1) is 19.7. The van der Waals surface area contributed by atoms with Crippen LogP contribution in [0.1, 0.15) is 61.6 Å². The minimum atomic E-state index is -0.601. The van der Waals surface area contributed by atoms with Gasteiger partial charge in [-0.3, -0.25) is 0 Å². The smallest absolute Gasteiger partial charge is 1.00 e. The zero-order chi connectivity index (χ0) is 16.4. The van der Waals surface area contributed by atoms with Gasteiger partial charge in [0.15, 0.2) is 0 Å². The average Bonchev–Trinajstić information content (AvgIpc) is 3.23. The Morgan fingerprint density at radius 1 is 0.667 bits per heavy atom. The number of rotatable bonds is 0. The molecule has 0 N–H and O–H groups in total. The summed E-state index contributed by atoms with van der Waals surface area (Å²) in [6, 6.07) is 18.5. The van der Waals surface area contributed by atoms with Gasteiger partial charge in [0, 0.05) is 0 Å². The van der Waals surface area contributed by atoms with E-state index in [1.54, 1.807) is 11.1 Å². The molecule has 136 valence electrons. The zero-order valence-corrected chi connectivity index (χ0v) is 19.2. The standard InChI is InChI=1S/C24H22.2ClH.Zr/c1-6-12-24(13-7-1,22-14-18-8-2-3-9-19(18)15-22)23-16-20-10-4-5-11-21(20)17-23;;;/h2-5,8-11,14-17H,1,6-7,12-13H2;2*1H;/q;;;+2/p-2. The molecule has 0 amide bonds. The molecule has 6 rings (SSSR count). The summed E-state index contributed by atoms with van der Waals surface area (Å²) in [6.07, 6.45) is 12.3. The number of fused-ring (bicyclic) bond motifs is 8. The van der Waals surface area contributed by atoms with E-state index in [1.807, 2.05) is 11.1 Å². The Hall–Kier alpha value is -0.617. The van der Waals surface area contributed by atoms with Crippen molar-refractivity contribution in [2.75, 3.05) is 0 Å². The van der Waals surface area contributed by atoms with E-state index < -0.39 is 23.2 Å². The molecule has 27 heavy (non-hydrogen) atoms. The third-order valence-electron chi connectivity index (χ3n) is 7.00. The van der Waals surface area contributed by atoms with E-state index in [9.17, 15) is 0 Å². The van der Waals surface area contributed by atoms with Crippen molar-refractivity contribution in [3.8, 4) is 0 Å². The van der Waals surface area contributed by atoms with Crippen LogP contribution in [0, 0.1) is 5.41 Å². The van der Waals surface area contributed by atoms with E-state index in [0.29, 0.717) is 5.41 Å². The molecule has 2 aromatic carbocycles. The summed E-state index contributed by atoms with van der Waals surface area (Å²) in [5.74, 6) is 0. The van der Waals surface area contributed by atoms with Crippen LogP contribution in [0.25, 0.3) is 12.2 Å². The molecule has 0 nitrogen and oxygen atoms in total. The topological polar surface area (TPSA) is 0 Å². The van der Waals surface area contributed by atoms with Crippen LogP contribution < -0.4 is 24.8 Å². The van der Waals surface area contributed by atoms with Crippen molar-refractivity contribution in [2.45, 2.75) is 39.4 Å². The minimum absolute atomic E-state index is 0. The van der Waals surface area contributed by atoms with Gasteiger partial charge in [0.05, 0.1) is 0 Å². The van der Waals surface area contributed by atoms with E-state index in [-0.39, 0.29) is 24.8 Å². The minimum Gasteiger partial charge on any atom is -1.00 e. The van der Waals surface area contributed by atoms with Gasteiger partial charge in [-0.25, -0.2) is 0 Å². The van der Waals surface area contributed by atoms with Crippen molar-refractivity contribution in [3.63, 3.8) is 0 Å². The molecular weight excluding hydrogens is 450 g/mol. The van der Waals surface area contributed by atoms with Gasteiger partial charge in [0.2, 0.25) is 0 Å². The first-order chi connectivity index (χ1) is 12.4. The molecule has 1 saturated heterocycles. The maximum atomic E-state index is 2.62. The van der Waals surface area contributed by atoms with Crippen LogP contribution in [0.2, 0.25) is 0 Å². The van der Waals surface area contributed by atoms with Gasteiger partial charge in [-0.05, 0) is 0 Å². The van der Waals surface area contributed by atoms with Crippen molar-refractivity contribution in [2.24, 2.45) is 5.41 Å². The molecule has 1 spiro atoms. The number of hydrogen-bond acceptors (Lipinski definition) is 0. The third-order valence-corrected chi connectivity index (χ3v) is 11.7. The molecule has 2 atom stereocenters. The Morgan fingerprint density at radius 2 is 1.15 bits per heavy atom. The second-order valence-corrected chi connectivity index (χ2v) is 11.8. The molecule has 2 unspecified atom stereocenters. The summed E-state index contributed by atoms with van der Waals surface area (Å²) in [5, 5.41) is 0. The number of benzene rings is 2. The molecule has 2 fully saturated rings. The van der Waals surface area contributed by atoms with Crippen molar-refractivity contribution < 1.29 is 48.0 Å². The van der Waals surface area contributed by atoms with Gasteiger partial charge in [0.25, 0.3) is 0 Å².